The molecule has 24 heavy (non-hydrogen) atoms. The Labute approximate surface area is 148 Å². The van der Waals surface area contributed by atoms with Crippen LogP contribution in [0.4, 0.5) is 16.0 Å². The standard InChI is InChI=1S/C17H14ClFN4S/c1-10-9-11(19)5-6-12(10)17-13(18)7-8-15(22-17)23-24-16-4-2-3-14(20)21-16/h2-9H,1H3,(H2,20,21)(H,22,23). The van der Waals surface area contributed by atoms with E-state index in [4.69, 9.17) is 17.3 Å². The number of aromatic nitrogens is 2. The lowest BCUT2D eigenvalue weighted by molar-refractivity contribution is 0.627. The molecule has 0 unspecified atom stereocenters. The van der Waals surface area contributed by atoms with Crippen molar-refractivity contribution in [3.05, 3.63) is 64.9 Å². The second-order valence-electron chi connectivity index (χ2n) is 5.09. The van der Waals surface area contributed by atoms with Crippen molar-refractivity contribution in [3.8, 4) is 11.3 Å². The molecule has 0 aliphatic carbocycles. The van der Waals surface area contributed by atoms with Gasteiger partial charge < -0.3 is 10.5 Å². The maximum absolute atomic E-state index is 13.3. The molecule has 0 aliphatic heterocycles. The van der Waals surface area contributed by atoms with Crippen LogP contribution in [0.15, 0.2) is 53.6 Å². The lowest BCUT2D eigenvalue weighted by Crippen LogP contribution is -1.97. The average Bonchev–Trinajstić information content (AvgIpc) is 2.55. The first-order valence-electron chi connectivity index (χ1n) is 7.11. The van der Waals surface area contributed by atoms with Crippen molar-refractivity contribution >= 4 is 35.2 Å². The summed E-state index contributed by atoms with van der Waals surface area (Å²) in [5, 5.41) is 1.23. The molecular weight excluding hydrogens is 347 g/mol. The zero-order chi connectivity index (χ0) is 17.1. The lowest BCUT2D eigenvalue weighted by atomic mass is 10.1. The molecule has 0 saturated carbocycles. The van der Waals surface area contributed by atoms with E-state index in [0.29, 0.717) is 22.4 Å². The van der Waals surface area contributed by atoms with Gasteiger partial charge in [0, 0.05) is 17.5 Å². The van der Waals surface area contributed by atoms with E-state index in [-0.39, 0.29) is 5.82 Å². The summed E-state index contributed by atoms with van der Waals surface area (Å²) in [6, 6.07) is 13.4. The molecule has 3 rings (SSSR count). The van der Waals surface area contributed by atoms with Gasteiger partial charge in [0.15, 0.2) is 0 Å². The first-order valence-corrected chi connectivity index (χ1v) is 8.31. The molecule has 4 nitrogen and oxygen atoms in total. The highest BCUT2D eigenvalue weighted by molar-refractivity contribution is 8.00. The molecule has 122 valence electrons. The molecule has 0 atom stereocenters. The summed E-state index contributed by atoms with van der Waals surface area (Å²) in [7, 11) is 0. The summed E-state index contributed by atoms with van der Waals surface area (Å²) < 4.78 is 16.4. The number of benzene rings is 1. The van der Waals surface area contributed by atoms with Crippen molar-refractivity contribution in [2.24, 2.45) is 0 Å². The Kier molecular flexibility index (Phi) is 4.87. The highest BCUT2D eigenvalue weighted by Gasteiger charge is 2.10. The largest absolute Gasteiger partial charge is 0.384 e. The van der Waals surface area contributed by atoms with E-state index >= 15 is 0 Å². The summed E-state index contributed by atoms with van der Waals surface area (Å²) in [6.45, 7) is 1.82. The van der Waals surface area contributed by atoms with E-state index < -0.39 is 0 Å². The topological polar surface area (TPSA) is 63.8 Å². The van der Waals surface area contributed by atoms with Crippen LogP contribution in [0.25, 0.3) is 11.3 Å². The van der Waals surface area contributed by atoms with E-state index in [2.05, 4.69) is 14.7 Å². The van der Waals surface area contributed by atoms with Crippen molar-refractivity contribution in [2.45, 2.75) is 11.9 Å². The molecule has 3 N–H and O–H groups in total. The number of aryl methyl sites for hydroxylation is 1. The van der Waals surface area contributed by atoms with E-state index in [1.807, 2.05) is 19.1 Å². The predicted octanol–water partition coefficient (Wildman–Crippen LogP) is 4.95. The van der Waals surface area contributed by atoms with Gasteiger partial charge in [0.2, 0.25) is 0 Å². The van der Waals surface area contributed by atoms with Crippen LogP contribution in [0, 0.1) is 12.7 Å². The van der Waals surface area contributed by atoms with Crippen LogP contribution < -0.4 is 10.5 Å². The maximum Gasteiger partial charge on any atom is 0.136 e. The number of rotatable bonds is 4. The Morgan fingerprint density at radius 2 is 1.96 bits per heavy atom. The van der Waals surface area contributed by atoms with E-state index in [1.54, 1.807) is 24.3 Å². The van der Waals surface area contributed by atoms with Crippen LogP contribution in [-0.4, -0.2) is 9.97 Å². The highest BCUT2D eigenvalue weighted by atomic mass is 35.5. The Morgan fingerprint density at radius 1 is 1.12 bits per heavy atom. The first-order chi connectivity index (χ1) is 11.5. The second-order valence-corrected chi connectivity index (χ2v) is 6.32. The Bertz CT molecular complexity index is 888. The SMILES string of the molecule is Cc1cc(F)ccc1-c1nc(NSc2cccc(N)n2)ccc1Cl. The fourth-order valence-electron chi connectivity index (χ4n) is 2.17. The summed E-state index contributed by atoms with van der Waals surface area (Å²) in [6.07, 6.45) is 0. The minimum atomic E-state index is -0.287. The average molecular weight is 361 g/mol. The second kappa shape index (κ2) is 7.07. The van der Waals surface area contributed by atoms with E-state index in [1.165, 1.54) is 24.1 Å². The van der Waals surface area contributed by atoms with Crippen LogP contribution in [0.3, 0.4) is 0 Å². The number of anilines is 2. The maximum atomic E-state index is 13.3. The molecule has 2 heterocycles. The van der Waals surface area contributed by atoms with Gasteiger partial charge in [-0.05, 0) is 55.0 Å². The molecule has 0 spiro atoms. The first kappa shape index (κ1) is 16.5. The number of nitrogens with zero attached hydrogens (tertiary/aromatic N) is 2. The molecule has 3 aromatic rings. The van der Waals surface area contributed by atoms with Crippen molar-refractivity contribution in [3.63, 3.8) is 0 Å². The molecule has 2 aromatic heterocycles. The Morgan fingerprint density at radius 3 is 2.71 bits per heavy atom. The Hall–Kier alpha value is -2.31. The highest BCUT2D eigenvalue weighted by Crippen LogP contribution is 2.31. The predicted molar refractivity (Wildman–Crippen MR) is 97.5 cm³/mol. The van der Waals surface area contributed by atoms with Gasteiger partial charge in [0.1, 0.15) is 22.5 Å². The van der Waals surface area contributed by atoms with E-state index in [9.17, 15) is 4.39 Å². The molecule has 0 aliphatic rings. The molecule has 0 saturated heterocycles. The molecule has 0 amide bonds. The minimum absolute atomic E-state index is 0.287. The van der Waals surface area contributed by atoms with Crippen molar-refractivity contribution in [1.29, 1.82) is 0 Å². The van der Waals surface area contributed by atoms with Crippen molar-refractivity contribution < 1.29 is 4.39 Å². The van der Waals surface area contributed by atoms with Crippen LogP contribution >= 0.6 is 23.5 Å². The number of nitrogens with one attached hydrogen (secondary N) is 1. The monoisotopic (exact) mass is 360 g/mol. The summed E-state index contributed by atoms with van der Waals surface area (Å²) >= 11 is 7.56. The zero-order valence-electron chi connectivity index (χ0n) is 12.8. The van der Waals surface area contributed by atoms with Gasteiger partial charge >= 0.3 is 0 Å². The van der Waals surface area contributed by atoms with Gasteiger partial charge in [-0.15, -0.1) is 0 Å². The fourth-order valence-corrected chi connectivity index (χ4v) is 3.00. The zero-order valence-corrected chi connectivity index (χ0v) is 14.3. The molecule has 1 aromatic carbocycles. The number of nitrogens with two attached hydrogens (primary N) is 1. The summed E-state index contributed by atoms with van der Waals surface area (Å²) in [4.78, 5) is 8.72. The van der Waals surface area contributed by atoms with Crippen LogP contribution in [-0.2, 0) is 0 Å². The van der Waals surface area contributed by atoms with Gasteiger partial charge in [-0.3, -0.25) is 0 Å². The summed E-state index contributed by atoms with van der Waals surface area (Å²) in [5.41, 5.74) is 7.82. The number of halogens is 2. The molecule has 7 heteroatoms. The molecule has 0 radical (unpaired) electrons. The van der Waals surface area contributed by atoms with Crippen LogP contribution in [0.5, 0.6) is 0 Å². The van der Waals surface area contributed by atoms with Crippen molar-refractivity contribution in [1.82, 2.24) is 9.97 Å². The molecule has 0 fully saturated rings. The Balaban J connectivity index is 1.86. The number of hydrogen-bond donors (Lipinski definition) is 2. The van der Waals surface area contributed by atoms with E-state index in [0.717, 1.165) is 16.2 Å². The third-order valence-electron chi connectivity index (χ3n) is 3.29. The minimum Gasteiger partial charge on any atom is -0.384 e. The molecular formula is C17H14ClFN4S. The van der Waals surface area contributed by atoms with Gasteiger partial charge in [-0.25, -0.2) is 14.4 Å². The van der Waals surface area contributed by atoms with Crippen LogP contribution in [0.1, 0.15) is 5.56 Å². The fraction of sp³-hybridized carbons (Fsp3) is 0.0588. The third kappa shape index (κ3) is 3.77. The number of pyridine rings is 2. The number of hydrogen-bond acceptors (Lipinski definition) is 5. The lowest BCUT2D eigenvalue weighted by Gasteiger charge is -2.10. The normalized spacial score (nSPS) is 10.6. The van der Waals surface area contributed by atoms with Crippen molar-refractivity contribution in [2.75, 3.05) is 10.5 Å². The van der Waals surface area contributed by atoms with Gasteiger partial charge in [0.25, 0.3) is 0 Å². The smallest absolute Gasteiger partial charge is 0.136 e. The summed E-state index contributed by atoms with van der Waals surface area (Å²) in [5.74, 6) is 0.783. The van der Waals surface area contributed by atoms with Gasteiger partial charge in [0.05, 0.1) is 10.7 Å². The van der Waals surface area contributed by atoms with Crippen LogP contribution in [0.2, 0.25) is 5.02 Å². The third-order valence-corrected chi connectivity index (χ3v) is 4.35. The van der Waals surface area contributed by atoms with Gasteiger partial charge in [-0.2, -0.15) is 0 Å². The number of nitrogen functional groups attached to an aromatic ring is 1. The quantitative estimate of drug-likeness (QED) is 0.645. The molecule has 0 bridgehead atoms. The van der Waals surface area contributed by atoms with Gasteiger partial charge in [-0.1, -0.05) is 17.7 Å².